The Morgan fingerprint density at radius 1 is 1.26 bits per heavy atom. The SMILES string of the molecule is CCN1CCC[C@@H](Nc2nn(Cc3ccc(OC)cc3)c(=O)n(C)c2=O)C1. The predicted octanol–water partition coefficient (Wildman–Crippen LogP) is 0.895. The van der Waals surface area contributed by atoms with E-state index >= 15 is 0 Å². The van der Waals surface area contributed by atoms with Gasteiger partial charge in [-0.3, -0.25) is 9.36 Å². The normalized spacial score (nSPS) is 17.7. The minimum atomic E-state index is -0.430. The van der Waals surface area contributed by atoms with Gasteiger partial charge >= 0.3 is 5.69 Å². The largest absolute Gasteiger partial charge is 0.497 e. The van der Waals surface area contributed by atoms with Crippen molar-refractivity contribution in [2.45, 2.75) is 32.4 Å². The van der Waals surface area contributed by atoms with E-state index in [1.165, 1.54) is 11.7 Å². The van der Waals surface area contributed by atoms with Gasteiger partial charge in [0.25, 0.3) is 5.56 Å². The highest BCUT2D eigenvalue weighted by atomic mass is 16.5. The van der Waals surface area contributed by atoms with E-state index in [2.05, 4.69) is 22.2 Å². The first kappa shape index (κ1) is 19.2. The van der Waals surface area contributed by atoms with Crippen molar-refractivity contribution in [3.63, 3.8) is 0 Å². The van der Waals surface area contributed by atoms with Gasteiger partial charge in [-0.1, -0.05) is 19.1 Å². The highest BCUT2D eigenvalue weighted by Gasteiger charge is 2.21. The molecule has 1 N–H and O–H groups in total. The van der Waals surface area contributed by atoms with Crippen LogP contribution >= 0.6 is 0 Å². The van der Waals surface area contributed by atoms with Crippen LogP contribution in [0.1, 0.15) is 25.3 Å². The topological polar surface area (TPSA) is 81.4 Å². The lowest BCUT2D eigenvalue weighted by Crippen LogP contribution is -2.46. The molecular weight excluding hydrogens is 346 g/mol. The molecule has 0 unspecified atom stereocenters. The van der Waals surface area contributed by atoms with Crippen molar-refractivity contribution < 1.29 is 4.74 Å². The highest BCUT2D eigenvalue weighted by molar-refractivity contribution is 5.32. The van der Waals surface area contributed by atoms with Crippen LogP contribution < -0.4 is 21.3 Å². The van der Waals surface area contributed by atoms with E-state index in [-0.39, 0.29) is 24.0 Å². The second-order valence-electron chi connectivity index (χ2n) is 6.88. The summed E-state index contributed by atoms with van der Waals surface area (Å²) in [6.07, 6.45) is 2.07. The fourth-order valence-corrected chi connectivity index (χ4v) is 3.38. The Balaban J connectivity index is 1.84. The molecule has 1 aromatic carbocycles. The second-order valence-corrected chi connectivity index (χ2v) is 6.88. The number of aromatic nitrogens is 3. The number of benzene rings is 1. The summed E-state index contributed by atoms with van der Waals surface area (Å²) >= 11 is 0. The van der Waals surface area contributed by atoms with Gasteiger partial charge in [-0.15, -0.1) is 5.10 Å². The summed E-state index contributed by atoms with van der Waals surface area (Å²) in [5, 5.41) is 7.59. The van der Waals surface area contributed by atoms with Crippen LogP contribution in [0.2, 0.25) is 0 Å². The summed E-state index contributed by atoms with van der Waals surface area (Å²) in [6, 6.07) is 7.59. The second kappa shape index (κ2) is 8.39. The molecule has 1 fully saturated rings. The van der Waals surface area contributed by atoms with Crippen LogP contribution in [0.15, 0.2) is 33.9 Å². The Bertz CT molecular complexity index is 888. The van der Waals surface area contributed by atoms with Crippen molar-refractivity contribution in [1.82, 2.24) is 19.2 Å². The van der Waals surface area contributed by atoms with E-state index < -0.39 is 5.69 Å². The standard InChI is InChI=1S/C19H27N5O3/c1-4-23-11-5-6-15(13-23)20-17-18(25)22(2)19(26)24(21-17)12-14-7-9-16(27-3)10-8-14/h7-10,15H,4-6,11-13H2,1-3H3,(H,20,21)/t15-/m1/s1. The minimum Gasteiger partial charge on any atom is -0.497 e. The summed E-state index contributed by atoms with van der Waals surface area (Å²) < 4.78 is 7.59. The summed E-state index contributed by atoms with van der Waals surface area (Å²) in [5.74, 6) is 0.980. The fraction of sp³-hybridized carbons (Fsp3) is 0.526. The van der Waals surface area contributed by atoms with Crippen LogP contribution in [0.4, 0.5) is 5.82 Å². The Labute approximate surface area is 158 Å². The lowest BCUT2D eigenvalue weighted by Gasteiger charge is -2.32. The molecule has 3 rings (SSSR count). The van der Waals surface area contributed by atoms with Crippen LogP contribution in [0, 0.1) is 0 Å². The predicted molar refractivity (Wildman–Crippen MR) is 105 cm³/mol. The van der Waals surface area contributed by atoms with Gasteiger partial charge in [-0.25, -0.2) is 9.48 Å². The third kappa shape index (κ3) is 4.39. The van der Waals surface area contributed by atoms with Crippen LogP contribution in [-0.4, -0.2) is 52.0 Å². The molecule has 0 saturated carbocycles. The molecule has 27 heavy (non-hydrogen) atoms. The number of anilines is 1. The first-order valence-corrected chi connectivity index (χ1v) is 9.31. The van der Waals surface area contributed by atoms with E-state index in [1.54, 1.807) is 7.11 Å². The lowest BCUT2D eigenvalue weighted by molar-refractivity contribution is 0.226. The maximum Gasteiger partial charge on any atom is 0.347 e. The quantitative estimate of drug-likeness (QED) is 0.810. The zero-order chi connectivity index (χ0) is 19.4. The number of likely N-dealkylation sites (tertiary alicyclic amines) is 1. The molecule has 1 atom stereocenters. The van der Waals surface area contributed by atoms with Gasteiger partial charge in [-0.2, -0.15) is 0 Å². The maximum absolute atomic E-state index is 12.5. The van der Waals surface area contributed by atoms with E-state index in [0.29, 0.717) is 0 Å². The molecule has 2 heterocycles. The fourth-order valence-electron chi connectivity index (χ4n) is 3.38. The number of piperidine rings is 1. The molecular formula is C19H27N5O3. The molecule has 1 saturated heterocycles. The van der Waals surface area contributed by atoms with Gasteiger partial charge in [-0.05, 0) is 43.6 Å². The van der Waals surface area contributed by atoms with Gasteiger partial charge in [0.05, 0.1) is 13.7 Å². The van der Waals surface area contributed by atoms with Gasteiger partial charge in [0, 0.05) is 19.6 Å². The van der Waals surface area contributed by atoms with E-state index in [9.17, 15) is 9.59 Å². The van der Waals surface area contributed by atoms with Gasteiger partial charge in [0.2, 0.25) is 5.82 Å². The van der Waals surface area contributed by atoms with Crippen molar-refractivity contribution in [3.8, 4) is 5.75 Å². The molecule has 0 aliphatic carbocycles. The number of nitrogens with zero attached hydrogens (tertiary/aromatic N) is 4. The Hall–Kier alpha value is -2.61. The number of hydrogen-bond donors (Lipinski definition) is 1. The molecule has 0 bridgehead atoms. The van der Waals surface area contributed by atoms with Crippen molar-refractivity contribution in [1.29, 1.82) is 0 Å². The number of methoxy groups -OCH3 is 1. The Morgan fingerprint density at radius 3 is 2.67 bits per heavy atom. The lowest BCUT2D eigenvalue weighted by atomic mass is 10.1. The molecule has 0 radical (unpaired) electrons. The Kier molecular flexibility index (Phi) is 5.95. The average Bonchev–Trinajstić information content (AvgIpc) is 2.70. The molecule has 146 valence electrons. The zero-order valence-corrected chi connectivity index (χ0v) is 16.1. The first-order chi connectivity index (χ1) is 13.0. The molecule has 0 amide bonds. The number of ether oxygens (including phenoxy) is 1. The van der Waals surface area contributed by atoms with E-state index in [1.807, 2.05) is 24.3 Å². The smallest absolute Gasteiger partial charge is 0.347 e. The number of likely N-dealkylation sites (N-methyl/N-ethyl adjacent to an activating group) is 1. The van der Waals surface area contributed by atoms with Crippen molar-refractivity contribution >= 4 is 5.82 Å². The van der Waals surface area contributed by atoms with Crippen LogP contribution in [0.5, 0.6) is 5.75 Å². The van der Waals surface area contributed by atoms with E-state index in [0.717, 1.165) is 48.4 Å². The van der Waals surface area contributed by atoms with Crippen LogP contribution in [0.3, 0.4) is 0 Å². The van der Waals surface area contributed by atoms with Crippen molar-refractivity contribution in [2.24, 2.45) is 7.05 Å². The number of nitrogens with one attached hydrogen (secondary N) is 1. The Morgan fingerprint density at radius 2 is 2.00 bits per heavy atom. The van der Waals surface area contributed by atoms with Crippen LogP contribution in [-0.2, 0) is 13.6 Å². The number of hydrogen-bond acceptors (Lipinski definition) is 6. The summed E-state index contributed by atoms with van der Waals surface area (Å²) in [6.45, 7) is 5.36. The zero-order valence-electron chi connectivity index (χ0n) is 16.1. The molecule has 8 heteroatoms. The van der Waals surface area contributed by atoms with Crippen molar-refractivity contribution in [2.75, 3.05) is 32.1 Å². The van der Waals surface area contributed by atoms with Gasteiger partial charge in [0.1, 0.15) is 5.75 Å². The molecule has 1 aromatic heterocycles. The van der Waals surface area contributed by atoms with Crippen LogP contribution in [0.25, 0.3) is 0 Å². The van der Waals surface area contributed by atoms with Crippen molar-refractivity contribution in [3.05, 3.63) is 50.7 Å². The third-order valence-electron chi connectivity index (χ3n) is 5.02. The first-order valence-electron chi connectivity index (χ1n) is 9.31. The molecule has 1 aliphatic heterocycles. The van der Waals surface area contributed by atoms with Gasteiger partial charge in [0.15, 0.2) is 0 Å². The molecule has 8 nitrogen and oxygen atoms in total. The maximum atomic E-state index is 12.5. The monoisotopic (exact) mass is 373 g/mol. The number of rotatable bonds is 6. The minimum absolute atomic E-state index is 0.158. The third-order valence-corrected chi connectivity index (χ3v) is 5.02. The summed E-state index contributed by atoms with van der Waals surface area (Å²) in [5.41, 5.74) is 0.0876. The van der Waals surface area contributed by atoms with E-state index in [4.69, 9.17) is 4.74 Å². The van der Waals surface area contributed by atoms with Gasteiger partial charge < -0.3 is 15.0 Å². The summed E-state index contributed by atoms with van der Waals surface area (Å²) in [4.78, 5) is 27.3. The average molecular weight is 373 g/mol. The molecule has 2 aromatic rings. The molecule has 0 spiro atoms. The summed E-state index contributed by atoms with van der Waals surface area (Å²) in [7, 11) is 3.10. The highest BCUT2D eigenvalue weighted by Crippen LogP contribution is 2.13. The molecule has 1 aliphatic rings.